The molecule has 0 aliphatic carbocycles. The van der Waals surface area contributed by atoms with Crippen LogP contribution < -0.4 is 10.6 Å². The summed E-state index contributed by atoms with van der Waals surface area (Å²) in [5.41, 5.74) is 1.62. The second kappa shape index (κ2) is 5.51. The van der Waals surface area contributed by atoms with Gasteiger partial charge in [0.05, 0.1) is 0 Å². The van der Waals surface area contributed by atoms with Crippen LogP contribution in [0.25, 0.3) is 0 Å². The van der Waals surface area contributed by atoms with Crippen LogP contribution in [0.4, 0.5) is 16.3 Å². The zero-order valence-electron chi connectivity index (χ0n) is 9.77. The maximum atomic E-state index is 11.7. The third-order valence-corrected chi connectivity index (χ3v) is 2.58. The first-order chi connectivity index (χ1) is 8.65. The van der Waals surface area contributed by atoms with Crippen LogP contribution in [-0.4, -0.2) is 11.0 Å². The molecule has 5 heteroatoms. The third kappa shape index (κ3) is 3.21. The number of rotatable bonds is 2. The van der Waals surface area contributed by atoms with Gasteiger partial charge in [0.15, 0.2) is 0 Å². The number of hydrogen-bond acceptors (Lipinski definition) is 2. The first-order valence-electron chi connectivity index (χ1n) is 5.40. The second-order valence-electron chi connectivity index (χ2n) is 3.75. The summed E-state index contributed by atoms with van der Waals surface area (Å²) in [6.07, 6.45) is 1.61. The summed E-state index contributed by atoms with van der Waals surface area (Å²) in [4.78, 5) is 15.7. The van der Waals surface area contributed by atoms with Crippen molar-refractivity contribution in [2.24, 2.45) is 0 Å². The number of hydrogen-bond donors (Lipinski definition) is 2. The van der Waals surface area contributed by atoms with Crippen molar-refractivity contribution in [1.29, 1.82) is 0 Å². The number of urea groups is 1. The molecule has 1 aromatic carbocycles. The van der Waals surface area contributed by atoms with Gasteiger partial charge in [-0.2, -0.15) is 0 Å². The number of nitrogens with zero attached hydrogens (tertiary/aromatic N) is 1. The molecule has 4 nitrogen and oxygen atoms in total. The first kappa shape index (κ1) is 12.4. The Balaban J connectivity index is 2.03. The van der Waals surface area contributed by atoms with Gasteiger partial charge < -0.3 is 5.32 Å². The van der Waals surface area contributed by atoms with Crippen molar-refractivity contribution in [3.05, 3.63) is 53.2 Å². The number of aromatic nitrogens is 1. The van der Waals surface area contributed by atoms with Crippen molar-refractivity contribution in [2.45, 2.75) is 6.92 Å². The van der Waals surface area contributed by atoms with Crippen molar-refractivity contribution in [3.8, 4) is 0 Å². The minimum Gasteiger partial charge on any atom is -0.307 e. The number of aryl methyl sites for hydroxylation is 1. The molecule has 2 amide bonds. The molecule has 0 unspecified atom stereocenters. The van der Waals surface area contributed by atoms with Gasteiger partial charge in [0.1, 0.15) is 5.82 Å². The normalized spacial score (nSPS) is 9.89. The molecule has 1 aromatic heterocycles. The number of anilines is 2. The largest absolute Gasteiger partial charge is 0.324 e. The highest BCUT2D eigenvalue weighted by atomic mass is 35.5. The number of nitrogens with one attached hydrogen (secondary N) is 2. The Morgan fingerprint density at radius 2 is 2.06 bits per heavy atom. The van der Waals surface area contributed by atoms with E-state index in [0.717, 1.165) is 5.56 Å². The molecule has 0 spiro atoms. The van der Waals surface area contributed by atoms with Gasteiger partial charge in [-0.1, -0.05) is 17.7 Å². The van der Waals surface area contributed by atoms with E-state index in [9.17, 15) is 4.79 Å². The Kier molecular flexibility index (Phi) is 3.79. The fourth-order valence-corrected chi connectivity index (χ4v) is 1.70. The molecule has 0 fully saturated rings. The molecule has 92 valence electrons. The number of amides is 2. The molecule has 0 saturated carbocycles. The highest BCUT2D eigenvalue weighted by Crippen LogP contribution is 2.19. The monoisotopic (exact) mass is 261 g/mol. The molecule has 0 bridgehead atoms. The van der Waals surface area contributed by atoms with Crippen molar-refractivity contribution >= 4 is 29.1 Å². The molecule has 2 N–H and O–H groups in total. The molecular formula is C13H12ClN3O. The number of halogens is 1. The van der Waals surface area contributed by atoms with Gasteiger partial charge in [-0.3, -0.25) is 5.32 Å². The lowest BCUT2D eigenvalue weighted by Crippen LogP contribution is -2.20. The van der Waals surface area contributed by atoms with Gasteiger partial charge in [0.25, 0.3) is 0 Å². The molecule has 1 heterocycles. The number of carbonyl (C=O) groups is 1. The van der Waals surface area contributed by atoms with E-state index in [2.05, 4.69) is 15.6 Å². The van der Waals surface area contributed by atoms with Crippen LogP contribution in [-0.2, 0) is 0 Å². The average Bonchev–Trinajstić information content (AvgIpc) is 2.34. The molecular weight excluding hydrogens is 250 g/mol. The Bertz CT molecular complexity index is 557. The van der Waals surface area contributed by atoms with Crippen molar-refractivity contribution in [3.63, 3.8) is 0 Å². The molecule has 0 atom stereocenters. The second-order valence-corrected chi connectivity index (χ2v) is 4.19. The first-order valence-corrected chi connectivity index (χ1v) is 5.78. The summed E-state index contributed by atoms with van der Waals surface area (Å²) in [5.74, 6) is 0.501. The molecule has 2 rings (SSSR count). The lowest BCUT2D eigenvalue weighted by Gasteiger charge is -2.09. The van der Waals surface area contributed by atoms with Gasteiger partial charge >= 0.3 is 6.03 Å². The summed E-state index contributed by atoms with van der Waals surface area (Å²) in [7, 11) is 0. The summed E-state index contributed by atoms with van der Waals surface area (Å²) >= 11 is 5.84. The van der Waals surface area contributed by atoms with Crippen molar-refractivity contribution in [1.82, 2.24) is 4.98 Å². The molecule has 18 heavy (non-hydrogen) atoms. The number of carbonyl (C=O) groups excluding carboxylic acids is 1. The molecule has 0 radical (unpaired) electrons. The van der Waals surface area contributed by atoms with Crippen LogP contribution in [0.1, 0.15) is 5.56 Å². The van der Waals surface area contributed by atoms with Crippen LogP contribution in [0, 0.1) is 6.92 Å². The lowest BCUT2D eigenvalue weighted by atomic mass is 10.2. The zero-order chi connectivity index (χ0) is 13.0. The number of pyridine rings is 1. The predicted molar refractivity (Wildman–Crippen MR) is 73.1 cm³/mol. The van der Waals surface area contributed by atoms with Gasteiger partial charge in [-0.15, -0.1) is 0 Å². The van der Waals surface area contributed by atoms with E-state index in [1.54, 1.807) is 42.6 Å². The van der Waals surface area contributed by atoms with E-state index in [-0.39, 0.29) is 6.03 Å². The van der Waals surface area contributed by atoms with Gasteiger partial charge in [-0.25, -0.2) is 9.78 Å². The van der Waals surface area contributed by atoms with E-state index >= 15 is 0 Å². The van der Waals surface area contributed by atoms with E-state index in [1.807, 2.05) is 6.92 Å². The summed E-state index contributed by atoms with van der Waals surface area (Å²) in [6.45, 7) is 1.88. The topological polar surface area (TPSA) is 54.0 Å². The fraction of sp³-hybridized carbons (Fsp3) is 0.0769. The SMILES string of the molecule is Cc1cc(Cl)ccc1NC(=O)Nc1ccccn1. The standard InChI is InChI=1S/C13H12ClN3O/c1-9-8-10(14)5-6-11(9)16-13(18)17-12-4-2-3-7-15-12/h2-8H,1H3,(H2,15,16,17,18). The Hall–Kier alpha value is -2.07. The summed E-state index contributed by atoms with van der Waals surface area (Å²) in [6, 6.07) is 10.2. The predicted octanol–water partition coefficient (Wildman–Crippen LogP) is 3.69. The van der Waals surface area contributed by atoms with Crippen LogP contribution in [0.5, 0.6) is 0 Å². The highest BCUT2D eigenvalue weighted by Gasteiger charge is 2.05. The average molecular weight is 262 g/mol. The lowest BCUT2D eigenvalue weighted by molar-refractivity contribution is 0.262. The van der Waals surface area contributed by atoms with Gasteiger partial charge in [-0.05, 0) is 42.8 Å². The minimum absolute atomic E-state index is 0.334. The van der Waals surface area contributed by atoms with E-state index in [1.165, 1.54) is 0 Å². The summed E-state index contributed by atoms with van der Waals surface area (Å²) in [5, 5.41) is 6.02. The minimum atomic E-state index is -0.334. The zero-order valence-corrected chi connectivity index (χ0v) is 10.5. The quantitative estimate of drug-likeness (QED) is 0.866. The molecule has 0 aliphatic rings. The van der Waals surface area contributed by atoms with Crippen LogP contribution in [0.15, 0.2) is 42.6 Å². The van der Waals surface area contributed by atoms with Crippen LogP contribution in [0.2, 0.25) is 5.02 Å². The smallest absolute Gasteiger partial charge is 0.307 e. The highest BCUT2D eigenvalue weighted by molar-refractivity contribution is 6.30. The fourth-order valence-electron chi connectivity index (χ4n) is 1.47. The van der Waals surface area contributed by atoms with Crippen molar-refractivity contribution in [2.75, 3.05) is 10.6 Å². The maximum Gasteiger partial charge on any atom is 0.324 e. The van der Waals surface area contributed by atoms with Crippen LogP contribution in [0.3, 0.4) is 0 Å². The third-order valence-electron chi connectivity index (χ3n) is 2.34. The van der Waals surface area contributed by atoms with E-state index in [4.69, 9.17) is 11.6 Å². The van der Waals surface area contributed by atoms with Gasteiger partial charge in [0, 0.05) is 16.9 Å². The Morgan fingerprint density at radius 1 is 1.22 bits per heavy atom. The van der Waals surface area contributed by atoms with Crippen LogP contribution >= 0.6 is 11.6 Å². The maximum absolute atomic E-state index is 11.7. The number of benzene rings is 1. The molecule has 2 aromatic rings. The molecule has 0 saturated heterocycles. The van der Waals surface area contributed by atoms with E-state index in [0.29, 0.717) is 16.5 Å². The van der Waals surface area contributed by atoms with Crippen molar-refractivity contribution < 1.29 is 4.79 Å². The van der Waals surface area contributed by atoms with Gasteiger partial charge in [0.2, 0.25) is 0 Å². The Morgan fingerprint density at radius 3 is 2.72 bits per heavy atom. The molecule has 0 aliphatic heterocycles. The summed E-state index contributed by atoms with van der Waals surface area (Å²) < 4.78 is 0. The van der Waals surface area contributed by atoms with E-state index < -0.39 is 0 Å². The Labute approximate surface area is 110 Å².